The predicted molar refractivity (Wildman–Crippen MR) is 115 cm³/mol. The summed E-state index contributed by atoms with van der Waals surface area (Å²) in [7, 11) is 1.55. The van der Waals surface area contributed by atoms with E-state index >= 15 is 0 Å². The topological polar surface area (TPSA) is 102 Å². The minimum absolute atomic E-state index is 0.476. The number of hydrogen-bond donors (Lipinski definition) is 3. The molecule has 0 bridgehead atoms. The third-order valence-corrected chi connectivity index (χ3v) is 6.28. The largest absolute Gasteiger partial charge is 0.497 e. The number of anilines is 1. The number of aliphatic carboxylic acids is 1. The van der Waals surface area contributed by atoms with Crippen LogP contribution in [-0.4, -0.2) is 29.4 Å². The number of carboxylic acids is 1. The van der Waals surface area contributed by atoms with E-state index in [1.54, 1.807) is 49.6 Å². The first-order chi connectivity index (χ1) is 14.4. The second kappa shape index (κ2) is 8.30. The number of nitrogens with two attached hydrogens (primary N) is 1. The van der Waals surface area contributed by atoms with Gasteiger partial charge in [0.15, 0.2) is 6.10 Å². The first kappa shape index (κ1) is 20.1. The first-order valence-corrected chi connectivity index (χ1v) is 10.2. The summed E-state index contributed by atoms with van der Waals surface area (Å²) < 4.78 is 11.1. The van der Waals surface area contributed by atoms with Crippen LogP contribution >= 0.6 is 11.8 Å². The van der Waals surface area contributed by atoms with Crippen molar-refractivity contribution in [3.63, 3.8) is 0 Å². The van der Waals surface area contributed by atoms with Crippen molar-refractivity contribution < 1.29 is 24.5 Å². The zero-order valence-electron chi connectivity index (χ0n) is 16.2. The highest BCUT2D eigenvalue weighted by atomic mass is 32.2. The molecule has 7 heteroatoms. The fraction of sp³-hybridized carbons (Fsp3) is 0.174. The molecule has 4 N–H and O–H groups in total. The Morgan fingerprint density at radius 3 is 2.33 bits per heavy atom. The smallest absolute Gasteiger partial charge is 0.334 e. The van der Waals surface area contributed by atoms with Crippen molar-refractivity contribution in [2.24, 2.45) is 0 Å². The molecule has 3 aromatic carbocycles. The SMILES string of the molecule is COc1ccc([C@H](Sc2cc(Oc3ccc4c(c3)C4)ccc2N)[C@@H](O)C(=O)O)cc1. The van der Waals surface area contributed by atoms with Crippen molar-refractivity contribution in [1.82, 2.24) is 0 Å². The number of aliphatic hydroxyl groups is 1. The lowest BCUT2D eigenvalue weighted by molar-refractivity contribution is -0.146. The Morgan fingerprint density at radius 2 is 1.67 bits per heavy atom. The lowest BCUT2D eigenvalue weighted by atomic mass is 10.1. The van der Waals surface area contributed by atoms with Crippen molar-refractivity contribution in [3.8, 4) is 17.2 Å². The summed E-state index contributed by atoms with van der Waals surface area (Å²) in [6.07, 6.45) is -0.611. The van der Waals surface area contributed by atoms with Crippen molar-refractivity contribution in [1.29, 1.82) is 0 Å². The number of carbonyl (C=O) groups is 1. The van der Waals surface area contributed by atoms with Gasteiger partial charge >= 0.3 is 5.97 Å². The first-order valence-electron chi connectivity index (χ1n) is 9.35. The minimum atomic E-state index is -1.61. The van der Waals surface area contributed by atoms with Gasteiger partial charge in [-0.3, -0.25) is 0 Å². The number of methoxy groups -OCH3 is 1. The summed E-state index contributed by atoms with van der Waals surface area (Å²) in [4.78, 5) is 12.1. The van der Waals surface area contributed by atoms with Crippen LogP contribution in [0.25, 0.3) is 0 Å². The van der Waals surface area contributed by atoms with E-state index in [0.29, 0.717) is 27.6 Å². The minimum Gasteiger partial charge on any atom is -0.497 e. The number of benzene rings is 3. The molecule has 0 saturated heterocycles. The fourth-order valence-corrected chi connectivity index (χ4v) is 4.33. The molecule has 0 aliphatic heterocycles. The molecule has 6 nitrogen and oxygen atoms in total. The third-order valence-electron chi connectivity index (χ3n) is 4.89. The second-order valence-electron chi connectivity index (χ2n) is 7.00. The maximum absolute atomic E-state index is 11.5. The molecule has 2 atom stereocenters. The molecule has 0 heterocycles. The number of nitrogen functional groups attached to an aromatic ring is 1. The summed E-state index contributed by atoms with van der Waals surface area (Å²) in [5.74, 6) is 0.667. The highest BCUT2D eigenvalue weighted by Gasteiger charge is 2.29. The normalized spacial score (nSPS) is 13.8. The molecule has 1 aliphatic rings. The molecule has 0 saturated carbocycles. The molecule has 0 spiro atoms. The number of aliphatic hydroxyl groups excluding tert-OH is 1. The highest BCUT2D eigenvalue weighted by molar-refractivity contribution is 7.99. The standard InChI is InChI=1S/C23H21NO5S/c1-28-16-5-2-13(3-6-16)22(21(25)23(26)27)30-20-12-18(8-9-19(20)24)29-17-7-4-14-10-15(14)11-17/h2-9,11-12,21-22,25H,10,24H2,1H3,(H,26,27)/t21-,22+/m1/s1. The van der Waals surface area contributed by atoms with E-state index in [9.17, 15) is 15.0 Å². The van der Waals surface area contributed by atoms with Crippen LogP contribution in [0.1, 0.15) is 21.9 Å². The summed E-state index contributed by atoms with van der Waals surface area (Å²) in [6.45, 7) is 0. The summed E-state index contributed by atoms with van der Waals surface area (Å²) >= 11 is 1.18. The maximum atomic E-state index is 11.5. The molecule has 4 rings (SSSR count). The number of ether oxygens (including phenoxy) is 2. The predicted octanol–water partition coefficient (Wildman–Crippen LogP) is 4.25. The number of carboxylic acid groups (broad SMARTS) is 1. The monoisotopic (exact) mass is 423 g/mol. The van der Waals surface area contributed by atoms with E-state index in [1.165, 1.54) is 22.9 Å². The van der Waals surface area contributed by atoms with Crippen LogP contribution in [0.4, 0.5) is 5.69 Å². The van der Waals surface area contributed by atoms with Crippen LogP contribution in [0.3, 0.4) is 0 Å². The molecule has 0 radical (unpaired) electrons. The van der Waals surface area contributed by atoms with Gasteiger partial charge in [0.25, 0.3) is 0 Å². The zero-order valence-corrected chi connectivity index (χ0v) is 17.1. The summed E-state index contributed by atoms with van der Waals surface area (Å²) in [5.41, 5.74) is 9.87. The Hall–Kier alpha value is -3.16. The van der Waals surface area contributed by atoms with E-state index in [2.05, 4.69) is 0 Å². The van der Waals surface area contributed by atoms with Crippen molar-refractivity contribution in [3.05, 3.63) is 77.4 Å². The van der Waals surface area contributed by atoms with Crippen LogP contribution in [0.5, 0.6) is 17.2 Å². The molecule has 154 valence electrons. The molecule has 3 aromatic rings. The molecular formula is C23H21NO5S. The second-order valence-corrected chi connectivity index (χ2v) is 8.19. The molecule has 0 aromatic heterocycles. The van der Waals surface area contributed by atoms with Crippen LogP contribution in [0, 0.1) is 0 Å². The van der Waals surface area contributed by atoms with Gasteiger partial charge in [0.2, 0.25) is 0 Å². The average Bonchev–Trinajstić information content (AvgIpc) is 3.52. The Bertz CT molecular complexity index is 1080. The van der Waals surface area contributed by atoms with Gasteiger partial charge in [-0.25, -0.2) is 4.79 Å². The lowest BCUT2D eigenvalue weighted by Crippen LogP contribution is -2.26. The van der Waals surface area contributed by atoms with Gasteiger partial charge in [-0.05, 0) is 65.6 Å². The van der Waals surface area contributed by atoms with Crippen LogP contribution in [-0.2, 0) is 11.2 Å². The number of thioether (sulfide) groups is 1. The van der Waals surface area contributed by atoms with Gasteiger partial charge in [0.1, 0.15) is 17.2 Å². The highest BCUT2D eigenvalue weighted by Crippen LogP contribution is 2.43. The van der Waals surface area contributed by atoms with Gasteiger partial charge in [-0.15, -0.1) is 11.8 Å². The van der Waals surface area contributed by atoms with E-state index in [-0.39, 0.29) is 0 Å². The molecular weight excluding hydrogens is 402 g/mol. The average molecular weight is 423 g/mol. The van der Waals surface area contributed by atoms with Crippen molar-refractivity contribution in [2.45, 2.75) is 22.7 Å². The Balaban J connectivity index is 1.60. The molecule has 1 aliphatic carbocycles. The van der Waals surface area contributed by atoms with Gasteiger partial charge in [0.05, 0.1) is 12.4 Å². The number of hydrogen-bond acceptors (Lipinski definition) is 6. The van der Waals surface area contributed by atoms with Gasteiger partial charge < -0.3 is 25.4 Å². The summed E-state index contributed by atoms with van der Waals surface area (Å²) in [6, 6.07) is 18.1. The van der Waals surface area contributed by atoms with Gasteiger partial charge in [-0.1, -0.05) is 18.2 Å². The zero-order chi connectivity index (χ0) is 21.3. The molecule has 0 amide bonds. The molecule has 0 fully saturated rings. The van der Waals surface area contributed by atoms with Crippen LogP contribution < -0.4 is 15.2 Å². The lowest BCUT2D eigenvalue weighted by Gasteiger charge is -2.21. The molecule has 0 unspecified atom stereocenters. The Labute approximate surface area is 178 Å². The Kier molecular flexibility index (Phi) is 5.57. The number of fused-ring (bicyclic) bond motifs is 1. The van der Waals surface area contributed by atoms with Crippen LogP contribution in [0.15, 0.2) is 65.6 Å². The van der Waals surface area contributed by atoms with E-state index < -0.39 is 17.3 Å². The van der Waals surface area contributed by atoms with Gasteiger partial charge in [0, 0.05) is 10.6 Å². The Morgan fingerprint density at radius 1 is 1.00 bits per heavy atom. The van der Waals surface area contributed by atoms with E-state index in [4.69, 9.17) is 15.2 Å². The van der Waals surface area contributed by atoms with Gasteiger partial charge in [-0.2, -0.15) is 0 Å². The third kappa shape index (κ3) is 4.37. The van der Waals surface area contributed by atoms with Crippen LogP contribution in [0.2, 0.25) is 0 Å². The molecule has 30 heavy (non-hydrogen) atoms. The van der Waals surface area contributed by atoms with Crippen molar-refractivity contribution in [2.75, 3.05) is 12.8 Å². The summed E-state index contributed by atoms with van der Waals surface area (Å²) in [5, 5.41) is 19.0. The quantitative estimate of drug-likeness (QED) is 0.288. The van der Waals surface area contributed by atoms with Crippen molar-refractivity contribution >= 4 is 23.4 Å². The fourth-order valence-electron chi connectivity index (χ4n) is 3.13. The maximum Gasteiger partial charge on any atom is 0.334 e. The van der Waals surface area contributed by atoms with E-state index in [0.717, 1.165) is 12.2 Å². The number of rotatable bonds is 8. The van der Waals surface area contributed by atoms with E-state index in [1.807, 2.05) is 18.2 Å².